The van der Waals surface area contributed by atoms with Gasteiger partial charge in [-0.15, -0.1) is 0 Å². The number of carboxylic acid groups (broad SMARTS) is 1. The number of allylic oxidation sites excluding steroid dienone is 1. The zero-order chi connectivity index (χ0) is 15.4. The molecule has 0 aliphatic rings. The highest BCUT2D eigenvalue weighted by atomic mass is 16.4. The van der Waals surface area contributed by atoms with Crippen molar-refractivity contribution in [1.82, 2.24) is 0 Å². The molecular formula is C18H16O3. The van der Waals surface area contributed by atoms with Crippen LogP contribution in [0.3, 0.4) is 0 Å². The number of carbonyl (C=O) groups excluding carboxylic acids is 1. The molecule has 2 rings (SSSR count). The largest absolute Gasteiger partial charge is 0.478 e. The van der Waals surface area contributed by atoms with Gasteiger partial charge in [-0.25, -0.2) is 4.79 Å². The number of rotatable bonds is 4. The molecule has 0 aliphatic heterocycles. The molecule has 0 spiro atoms. The van der Waals surface area contributed by atoms with Gasteiger partial charge in [0.2, 0.25) is 0 Å². The summed E-state index contributed by atoms with van der Waals surface area (Å²) in [6.07, 6.45) is 3.18. The van der Waals surface area contributed by atoms with E-state index in [2.05, 4.69) is 0 Å². The summed E-state index contributed by atoms with van der Waals surface area (Å²) in [4.78, 5) is 22.8. The van der Waals surface area contributed by atoms with Crippen LogP contribution in [0.15, 0.2) is 48.5 Å². The van der Waals surface area contributed by atoms with Crippen LogP contribution >= 0.6 is 0 Å². The van der Waals surface area contributed by atoms with Gasteiger partial charge >= 0.3 is 5.97 Å². The fourth-order valence-electron chi connectivity index (χ4n) is 1.90. The van der Waals surface area contributed by atoms with E-state index in [9.17, 15) is 9.59 Å². The van der Waals surface area contributed by atoms with Gasteiger partial charge in [-0.2, -0.15) is 0 Å². The fraction of sp³-hybridized carbons (Fsp3) is 0.111. The first-order valence-electron chi connectivity index (χ1n) is 6.60. The minimum absolute atomic E-state index is 0.0691. The first-order valence-corrected chi connectivity index (χ1v) is 6.60. The first kappa shape index (κ1) is 14.7. The second kappa shape index (κ2) is 6.18. The van der Waals surface area contributed by atoms with Gasteiger partial charge < -0.3 is 5.11 Å². The van der Waals surface area contributed by atoms with Crippen molar-refractivity contribution in [3.05, 3.63) is 76.4 Å². The maximum absolute atomic E-state index is 12.1. The molecular weight excluding hydrogens is 264 g/mol. The van der Waals surface area contributed by atoms with Crippen LogP contribution in [0.1, 0.15) is 37.4 Å². The Hall–Kier alpha value is -2.68. The fourth-order valence-corrected chi connectivity index (χ4v) is 1.90. The maximum Gasteiger partial charge on any atom is 0.335 e. The number of aryl methyl sites for hydroxylation is 2. The number of carbonyl (C=O) groups is 2. The average molecular weight is 280 g/mol. The number of hydrogen-bond donors (Lipinski definition) is 1. The zero-order valence-corrected chi connectivity index (χ0v) is 12.0. The highest BCUT2D eigenvalue weighted by Gasteiger charge is 2.04. The van der Waals surface area contributed by atoms with Crippen molar-refractivity contribution >= 4 is 17.8 Å². The number of carboxylic acids is 1. The van der Waals surface area contributed by atoms with Crippen LogP contribution in [-0.2, 0) is 0 Å². The number of hydrogen-bond acceptors (Lipinski definition) is 2. The van der Waals surface area contributed by atoms with Gasteiger partial charge in [0.05, 0.1) is 5.56 Å². The van der Waals surface area contributed by atoms with E-state index in [1.54, 1.807) is 18.2 Å². The third kappa shape index (κ3) is 3.66. The van der Waals surface area contributed by atoms with Crippen LogP contribution in [-0.4, -0.2) is 16.9 Å². The van der Waals surface area contributed by atoms with Crippen LogP contribution < -0.4 is 0 Å². The predicted molar refractivity (Wildman–Crippen MR) is 82.7 cm³/mol. The summed E-state index contributed by atoms with van der Waals surface area (Å²) in [7, 11) is 0. The van der Waals surface area contributed by atoms with Gasteiger partial charge in [-0.1, -0.05) is 30.3 Å². The summed E-state index contributed by atoms with van der Waals surface area (Å²) in [5.74, 6) is -1.03. The molecule has 0 amide bonds. The molecule has 2 aromatic rings. The second-order valence-corrected chi connectivity index (χ2v) is 4.92. The topological polar surface area (TPSA) is 54.4 Å². The summed E-state index contributed by atoms with van der Waals surface area (Å²) in [6, 6.07) is 12.0. The van der Waals surface area contributed by atoms with Crippen molar-refractivity contribution in [2.75, 3.05) is 0 Å². The highest BCUT2D eigenvalue weighted by Crippen LogP contribution is 2.12. The Kier molecular flexibility index (Phi) is 4.33. The Morgan fingerprint density at radius 2 is 1.52 bits per heavy atom. The first-order chi connectivity index (χ1) is 9.97. The average Bonchev–Trinajstić information content (AvgIpc) is 2.48. The number of benzene rings is 2. The van der Waals surface area contributed by atoms with Gasteiger partial charge in [-0.3, -0.25) is 4.79 Å². The van der Waals surface area contributed by atoms with Gasteiger partial charge in [0.15, 0.2) is 5.78 Å². The van der Waals surface area contributed by atoms with E-state index in [1.165, 1.54) is 18.2 Å². The number of ketones is 1. The molecule has 106 valence electrons. The lowest BCUT2D eigenvalue weighted by Crippen LogP contribution is -1.96. The lowest BCUT2D eigenvalue weighted by atomic mass is 10.0. The normalized spacial score (nSPS) is 10.8. The molecule has 21 heavy (non-hydrogen) atoms. The van der Waals surface area contributed by atoms with Gasteiger partial charge in [0, 0.05) is 5.56 Å². The molecule has 0 unspecified atom stereocenters. The molecule has 3 heteroatoms. The SMILES string of the molecule is Cc1ccc(C(=O)C=Cc2ccc(C(=O)O)cc2)cc1C. The molecule has 0 aromatic heterocycles. The summed E-state index contributed by atoms with van der Waals surface area (Å²) in [5.41, 5.74) is 3.90. The summed E-state index contributed by atoms with van der Waals surface area (Å²) >= 11 is 0. The van der Waals surface area contributed by atoms with Crippen LogP contribution in [0.5, 0.6) is 0 Å². The molecule has 0 aliphatic carbocycles. The van der Waals surface area contributed by atoms with Gasteiger partial charge in [-0.05, 0) is 54.8 Å². The minimum Gasteiger partial charge on any atom is -0.478 e. The van der Waals surface area contributed by atoms with Gasteiger partial charge in [0.25, 0.3) is 0 Å². The summed E-state index contributed by atoms with van der Waals surface area (Å²) < 4.78 is 0. The van der Waals surface area contributed by atoms with E-state index in [0.717, 1.165) is 16.7 Å². The number of aromatic carboxylic acids is 1. The van der Waals surface area contributed by atoms with E-state index < -0.39 is 5.97 Å². The lowest BCUT2D eigenvalue weighted by molar-refractivity contribution is 0.0696. The Balaban J connectivity index is 2.14. The van der Waals surface area contributed by atoms with Crippen LogP contribution in [0.25, 0.3) is 6.08 Å². The van der Waals surface area contributed by atoms with E-state index in [0.29, 0.717) is 5.56 Å². The second-order valence-electron chi connectivity index (χ2n) is 4.92. The summed E-state index contributed by atoms with van der Waals surface area (Å²) in [6.45, 7) is 3.98. The van der Waals surface area contributed by atoms with Crippen molar-refractivity contribution in [3.63, 3.8) is 0 Å². The Bertz CT molecular complexity index is 710. The Labute approximate surface area is 123 Å². The Morgan fingerprint density at radius 3 is 2.10 bits per heavy atom. The monoisotopic (exact) mass is 280 g/mol. The van der Waals surface area contributed by atoms with Crippen molar-refractivity contribution in [3.8, 4) is 0 Å². The molecule has 0 fully saturated rings. The molecule has 1 N–H and O–H groups in total. The van der Waals surface area contributed by atoms with Crippen LogP contribution in [0.4, 0.5) is 0 Å². The molecule has 0 atom stereocenters. The lowest BCUT2D eigenvalue weighted by Gasteiger charge is -2.02. The maximum atomic E-state index is 12.1. The molecule has 2 aromatic carbocycles. The van der Waals surface area contributed by atoms with Crippen molar-refractivity contribution in [2.45, 2.75) is 13.8 Å². The quantitative estimate of drug-likeness (QED) is 0.682. The van der Waals surface area contributed by atoms with Crippen LogP contribution in [0, 0.1) is 13.8 Å². The van der Waals surface area contributed by atoms with E-state index in [1.807, 2.05) is 32.0 Å². The van der Waals surface area contributed by atoms with Crippen LogP contribution in [0.2, 0.25) is 0 Å². The molecule has 0 radical (unpaired) electrons. The highest BCUT2D eigenvalue weighted by molar-refractivity contribution is 6.07. The standard InChI is InChI=1S/C18H16O3/c1-12-3-7-16(11-13(12)2)17(19)10-6-14-4-8-15(9-5-14)18(20)21/h3-11H,1-2H3,(H,20,21). The molecule has 3 nitrogen and oxygen atoms in total. The summed E-state index contributed by atoms with van der Waals surface area (Å²) in [5, 5.41) is 8.82. The Morgan fingerprint density at radius 1 is 0.905 bits per heavy atom. The van der Waals surface area contributed by atoms with Crippen molar-refractivity contribution in [1.29, 1.82) is 0 Å². The van der Waals surface area contributed by atoms with Crippen molar-refractivity contribution in [2.24, 2.45) is 0 Å². The third-order valence-corrected chi connectivity index (χ3v) is 3.38. The predicted octanol–water partition coefficient (Wildman–Crippen LogP) is 3.90. The van der Waals surface area contributed by atoms with E-state index >= 15 is 0 Å². The minimum atomic E-state index is -0.961. The molecule has 0 saturated carbocycles. The molecule has 0 saturated heterocycles. The van der Waals surface area contributed by atoms with E-state index in [-0.39, 0.29) is 11.3 Å². The zero-order valence-electron chi connectivity index (χ0n) is 12.0. The smallest absolute Gasteiger partial charge is 0.335 e. The third-order valence-electron chi connectivity index (χ3n) is 3.38. The van der Waals surface area contributed by atoms with Crippen molar-refractivity contribution < 1.29 is 14.7 Å². The molecule has 0 bridgehead atoms. The molecule has 0 heterocycles. The van der Waals surface area contributed by atoms with Gasteiger partial charge in [0.1, 0.15) is 0 Å². The van der Waals surface area contributed by atoms with E-state index in [4.69, 9.17) is 5.11 Å².